The van der Waals surface area contributed by atoms with Crippen molar-refractivity contribution in [3.05, 3.63) is 71.2 Å². The lowest BCUT2D eigenvalue weighted by molar-refractivity contribution is 0.291. The van der Waals surface area contributed by atoms with Crippen LogP contribution in [0.4, 0.5) is 0 Å². The molecule has 1 atom stereocenters. The Morgan fingerprint density at radius 2 is 2.07 bits per heavy atom. The van der Waals surface area contributed by atoms with Gasteiger partial charge in [-0.25, -0.2) is 4.98 Å². The first-order chi connectivity index (χ1) is 14.6. The van der Waals surface area contributed by atoms with E-state index in [1.807, 2.05) is 29.0 Å². The SMILES string of the molecule is CCN(CC)CCCn1cnc2c(c1=N)C(c1cccnc1)c1ccc(O)cc1O2. The van der Waals surface area contributed by atoms with Crippen molar-refractivity contribution in [2.45, 2.75) is 32.7 Å². The third-order valence-electron chi connectivity index (χ3n) is 5.68. The lowest BCUT2D eigenvalue weighted by Gasteiger charge is -2.28. The van der Waals surface area contributed by atoms with E-state index in [0.29, 0.717) is 17.1 Å². The highest BCUT2D eigenvalue weighted by Gasteiger charge is 2.32. The van der Waals surface area contributed by atoms with Gasteiger partial charge in [-0.2, -0.15) is 0 Å². The summed E-state index contributed by atoms with van der Waals surface area (Å²) in [7, 11) is 0. The minimum atomic E-state index is -0.228. The molecule has 0 radical (unpaired) electrons. The van der Waals surface area contributed by atoms with Crippen LogP contribution in [0.5, 0.6) is 17.4 Å². The summed E-state index contributed by atoms with van der Waals surface area (Å²) in [6.07, 6.45) is 6.17. The summed E-state index contributed by atoms with van der Waals surface area (Å²) in [6.45, 7) is 8.09. The first-order valence-corrected chi connectivity index (χ1v) is 10.4. The zero-order chi connectivity index (χ0) is 21.1. The molecule has 1 aromatic carbocycles. The molecule has 0 amide bonds. The second kappa shape index (κ2) is 8.67. The van der Waals surface area contributed by atoms with Gasteiger partial charge in [-0.3, -0.25) is 10.4 Å². The lowest BCUT2D eigenvalue weighted by Crippen LogP contribution is -2.31. The third kappa shape index (κ3) is 3.80. The smallest absolute Gasteiger partial charge is 0.228 e. The van der Waals surface area contributed by atoms with E-state index in [1.54, 1.807) is 24.7 Å². The third-order valence-corrected chi connectivity index (χ3v) is 5.68. The number of phenols is 1. The van der Waals surface area contributed by atoms with E-state index in [1.165, 1.54) is 0 Å². The topological polar surface area (TPSA) is 87.3 Å². The number of hydrogen-bond donors (Lipinski definition) is 2. The number of nitrogens with one attached hydrogen (secondary N) is 1. The fourth-order valence-corrected chi connectivity index (χ4v) is 4.02. The first kappa shape index (κ1) is 20.1. The number of phenolic OH excluding ortho intramolecular Hbond substituents is 1. The zero-order valence-electron chi connectivity index (χ0n) is 17.4. The molecule has 0 fully saturated rings. The van der Waals surface area contributed by atoms with Crippen LogP contribution in [0.25, 0.3) is 0 Å². The zero-order valence-corrected chi connectivity index (χ0v) is 17.4. The molecule has 1 unspecified atom stereocenters. The minimum Gasteiger partial charge on any atom is -0.508 e. The maximum Gasteiger partial charge on any atom is 0.228 e. The molecule has 0 saturated carbocycles. The summed E-state index contributed by atoms with van der Waals surface area (Å²) < 4.78 is 7.88. The van der Waals surface area contributed by atoms with Gasteiger partial charge in [-0.05, 0) is 43.8 Å². The Morgan fingerprint density at radius 3 is 2.80 bits per heavy atom. The van der Waals surface area contributed by atoms with Crippen LogP contribution in [-0.4, -0.2) is 44.2 Å². The van der Waals surface area contributed by atoms with Gasteiger partial charge in [-0.1, -0.05) is 26.0 Å². The van der Waals surface area contributed by atoms with Crippen LogP contribution < -0.4 is 10.2 Å². The molecule has 156 valence electrons. The molecule has 0 bridgehead atoms. The molecule has 7 nitrogen and oxygen atoms in total. The van der Waals surface area contributed by atoms with Gasteiger partial charge in [0.05, 0.1) is 5.56 Å². The highest BCUT2D eigenvalue weighted by atomic mass is 16.5. The lowest BCUT2D eigenvalue weighted by atomic mass is 9.84. The quantitative estimate of drug-likeness (QED) is 0.492. The summed E-state index contributed by atoms with van der Waals surface area (Å²) in [5, 5.41) is 18.8. The summed E-state index contributed by atoms with van der Waals surface area (Å²) in [5.74, 6) is 0.874. The van der Waals surface area contributed by atoms with Gasteiger partial charge < -0.3 is 19.3 Å². The molecule has 7 heteroatoms. The van der Waals surface area contributed by atoms with Crippen molar-refractivity contribution in [2.75, 3.05) is 19.6 Å². The number of benzene rings is 1. The van der Waals surface area contributed by atoms with E-state index < -0.39 is 0 Å². The number of rotatable bonds is 7. The van der Waals surface area contributed by atoms with Gasteiger partial charge in [-0.15, -0.1) is 0 Å². The van der Waals surface area contributed by atoms with Crippen LogP contribution in [0.3, 0.4) is 0 Å². The number of ether oxygens (including phenoxy) is 1. The van der Waals surface area contributed by atoms with Crippen LogP contribution in [0.15, 0.2) is 49.1 Å². The Kier molecular flexibility index (Phi) is 5.81. The molecule has 1 aliphatic heterocycles. The van der Waals surface area contributed by atoms with Crippen LogP contribution in [0.1, 0.15) is 42.9 Å². The highest BCUT2D eigenvalue weighted by molar-refractivity contribution is 5.56. The van der Waals surface area contributed by atoms with Crippen LogP contribution >= 0.6 is 0 Å². The summed E-state index contributed by atoms with van der Waals surface area (Å²) in [5.41, 5.74) is 2.98. The van der Waals surface area contributed by atoms with Crippen LogP contribution in [0, 0.1) is 5.41 Å². The fourth-order valence-electron chi connectivity index (χ4n) is 4.02. The van der Waals surface area contributed by atoms with Crippen LogP contribution in [0.2, 0.25) is 0 Å². The largest absolute Gasteiger partial charge is 0.508 e. The number of hydrogen-bond acceptors (Lipinski definition) is 6. The Balaban J connectivity index is 1.74. The molecule has 4 rings (SSSR count). The Hall–Kier alpha value is -3.19. The number of aryl methyl sites for hydroxylation is 1. The molecular formula is C23H27N5O2. The summed E-state index contributed by atoms with van der Waals surface area (Å²) in [6, 6.07) is 8.98. The van der Waals surface area contributed by atoms with Crippen molar-refractivity contribution in [3.63, 3.8) is 0 Å². The maximum atomic E-state index is 9.92. The standard InChI is InChI=1S/C23H27N5O2/c1-3-27(4-2)11-6-12-28-15-26-23-21(22(28)24)20(16-7-5-10-25-14-16)18-9-8-17(29)13-19(18)30-23/h5,7-10,13-15,20,24,29H,3-4,6,11-12H2,1-2H3. The molecule has 0 spiro atoms. The molecular weight excluding hydrogens is 378 g/mol. The van der Waals surface area contributed by atoms with Gasteiger partial charge in [0.1, 0.15) is 23.3 Å². The molecule has 0 aliphatic carbocycles. The molecule has 0 saturated heterocycles. The van der Waals surface area contributed by atoms with Gasteiger partial charge >= 0.3 is 0 Å². The summed E-state index contributed by atoms with van der Waals surface area (Å²) in [4.78, 5) is 11.2. The van der Waals surface area contributed by atoms with Crippen molar-refractivity contribution in [2.24, 2.45) is 0 Å². The van der Waals surface area contributed by atoms with E-state index in [-0.39, 0.29) is 11.7 Å². The van der Waals surface area contributed by atoms with Crippen molar-refractivity contribution < 1.29 is 9.84 Å². The molecule has 1 aliphatic rings. The molecule has 30 heavy (non-hydrogen) atoms. The Bertz CT molecular complexity index is 1080. The fraction of sp³-hybridized carbons (Fsp3) is 0.348. The van der Waals surface area contributed by atoms with Crippen molar-refractivity contribution in [1.29, 1.82) is 5.41 Å². The van der Waals surface area contributed by atoms with E-state index >= 15 is 0 Å². The Morgan fingerprint density at radius 1 is 1.23 bits per heavy atom. The minimum absolute atomic E-state index is 0.135. The van der Waals surface area contributed by atoms with Crippen LogP contribution in [-0.2, 0) is 6.54 Å². The van der Waals surface area contributed by atoms with E-state index in [0.717, 1.165) is 49.3 Å². The molecule has 2 aromatic heterocycles. The predicted molar refractivity (Wildman–Crippen MR) is 114 cm³/mol. The van der Waals surface area contributed by atoms with Gasteiger partial charge in [0.25, 0.3) is 0 Å². The van der Waals surface area contributed by atoms with Crippen molar-refractivity contribution in [3.8, 4) is 17.4 Å². The van der Waals surface area contributed by atoms with Gasteiger partial charge in [0.15, 0.2) is 0 Å². The van der Waals surface area contributed by atoms with Crippen molar-refractivity contribution >= 4 is 0 Å². The average Bonchev–Trinajstić information content (AvgIpc) is 2.77. The second-order valence-corrected chi connectivity index (χ2v) is 7.43. The average molecular weight is 406 g/mol. The first-order valence-electron chi connectivity index (χ1n) is 10.4. The van der Waals surface area contributed by atoms with Gasteiger partial charge in [0.2, 0.25) is 5.88 Å². The predicted octanol–water partition coefficient (Wildman–Crippen LogP) is 3.48. The number of aromatic nitrogens is 3. The second-order valence-electron chi connectivity index (χ2n) is 7.43. The Labute approximate surface area is 176 Å². The maximum absolute atomic E-state index is 9.92. The van der Waals surface area contributed by atoms with E-state index in [9.17, 15) is 5.11 Å². The molecule has 2 N–H and O–H groups in total. The van der Waals surface area contributed by atoms with E-state index in [4.69, 9.17) is 10.1 Å². The highest BCUT2D eigenvalue weighted by Crippen LogP contribution is 2.45. The number of fused-ring (bicyclic) bond motifs is 2. The summed E-state index contributed by atoms with van der Waals surface area (Å²) >= 11 is 0. The van der Waals surface area contributed by atoms with Crippen molar-refractivity contribution in [1.82, 2.24) is 19.4 Å². The van der Waals surface area contributed by atoms with Gasteiger partial charge in [0, 0.05) is 36.5 Å². The number of pyridine rings is 1. The monoisotopic (exact) mass is 405 g/mol. The van der Waals surface area contributed by atoms with E-state index in [2.05, 4.69) is 28.7 Å². The number of aromatic hydroxyl groups is 1. The molecule has 3 heterocycles. The normalized spacial score (nSPS) is 14.8. The molecule has 3 aromatic rings. The number of nitrogens with zero attached hydrogens (tertiary/aromatic N) is 4.